The van der Waals surface area contributed by atoms with Crippen LogP contribution in [0.25, 0.3) is 0 Å². The molecule has 1 amide bonds. The summed E-state index contributed by atoms with van der Waals surface area (Å²) in [5.41, 5.74) is 4.09. The lowest BCUT2D eigenvalue weighted by Gasteiger charge is -2.36. The van der Waals surface area contributed by atoms with Crippen LogP contribution in [-0.2, 0) is 32.8 Å². The van der Waals surface area contributed by atoms with Crippen molar-refractivity contribution in [3.8, 4) is 0 Å². The van der Waals surface area contributed by atoms with Crippen molar-refractivity contribution in [2.24, 2.45) is 10.7 Å². The summed E-state index contributed by atoms with van der Waals surface area (Å²) in [6, 6.07) is 11.4. The van der Waals surface area contributed by atoms with E-state index in [0.717, 1.165) is 0 Å². The van der Waals surface area contributed by atoms with E-state index in [-0.39, 0.29) is 23.5 Å². The standard InChI is InChI=1S/C21H17F6N3O3/c22-20(23,24)18(32)33-11-16(31)29-10-12-6-7-15-13(8-12)9-19(21(25,26)27,30-17(15)28)14-4-2-1-3-5-14/h1-8H,9-11H2,(H2,28,30)(H,29,31). The molecule has 0 saturated heterocycles. The lowest BCUT2D eigenvalue weighted by atomic mass is 9.79. The minimum Gasteiger partial charge on any atom is -0.449 e. The Morgan fingerprint density at radius 2 is 1.73 bits per heavy atom. The van der Waals surface area contributed by atoms with Crippen LogP contribution in [0, 0.1) is 0 Å². The number of carbonyl (C=O) groups excluding carboxylic acids is 2. The number of nitrogens with zero attached hydrogens (tertiary/aromatic N) is 1. The molecule has 3 N–H and O–H groups in total. The third-order valence-corrected chi connectivity index (χ3v) is 4.98. The van der Waals surface area contributed by atoms with Gasteiger partial charge in [0, 0.05) is 18.5 Å². The second-order valence-corrected chi connectivity index (χ2v) is 7.24. The lowest BCUT2D eigenvalue weighted by Crippen LogP contribution is -2.47. The molecule has 0 saturated carbocycles. The minimum absolute atomic E-state index is 0.0868. The van der Waals surface area contributed by atoms with Gasteiger partial charge < -0.3 is 15.8 Å². The molecule has 1 aliphatic rings. The van der Waals surface area contributed by atoms with Gasteiger partial charge in [-0.15, -0.1) is 0 Å². The first-order valence-corrected chi connectivity index (χ1v) is 9.44. The summed E-state index contributed by atoms with van der Waals surface area (Å²) >= 11 is 0. The fourth-order valence-corrected chi connectivity index (χ4v) is 3.41. The third kappa shape index (κ3) is 5.10. The van der Waals surface area contributed by atoms with Crippen LogP contribution in [0.2, 0.25) is 0 Å². The molecule has 2 aromatic rings. The van der Waals surface area contributed by atoms with Crippen molar-refractivity contribution >= 4 is 17.7 Å². The highest BCUT2D eigenvalue weighted by atomic mass is 19.4. The first-order chi connectivity index (χ1) is 15.3. The Hall–Kier alpha value is -3.57. The largest absolute Gasteiger partial charge is 0.490 e. The van der Waals surface area contributed by atoms with Gasteiger partial charge in [-0.05, 0) is 16.7 Å². The fraction of sp³-hybridized carbons (Fsp3) is 0.286. The zero-order valence-electron chi connectivity index (χ0n) is 16.8. The molecule has 0 spiro atoms. The van der Waals surface area contributed by atoms with Crippen molar-refractivity contribution in [3.63, 3.8) is 0 Å². The molecule has 0 radical (unpaired) electrons. The summed E-state index contributed by atoms with van der Waals surface area (Å²) in [5, 5.41) is 2.24. The molecule has 12 heteroatoms. The molecule has 6 nitrogen and oxygen atoms in total. The normalized spacial score (nSPS) is 18.2. The Bertz CT molecular complexity index is 1080. The van der Waals surface area contributed by atoms with E-state index in [1.54, 1.807) is 6.07 Å². The van der Waals surface area contributed by atoms with Crippen LogP contribution in [0.15, 0.2) is 53.5 Å². The van der Waals surface area contributed by atoms with Gasteiger partial charge in [0.25, 0.3) is 5.91 Å². The Balaban J connectivity index is 1.79. The topological polar surface area (TPSA) is 93.8 Å². The van der Waals surface area contributed by atoms with Crippen LogP contribution in [0.1, 0.15) is 22.3 Å². The van der Waals surface area contributed by atoms with Crippen LogP contribution < -0.4 is 11.1 Å². The number of amides is 1. The maximum atomic E-state index is 14.2. The van der Waals surface area contributed by atoms with E-state index in [0.29, 0.717) is 11.1 Å². The van der Waals surface area contributed by atoms with Crippen LogP contribution in [0.4, 0.5) is 26.3 Å². The molecule has 1 atom stereocenters. The van der Waals surface area contributed by atoms with E-state index in [1.807, 2.05) is 0 Å². The Morgan fingerprint density at radius 3 is 2.33 bits per heavy atom. The predicted molar refractivity (Wildman–Crippen MR) is 104 cm³/mol. The van der Waals surface area contributed by atoms with E-state index in [9.17, 15) is 35.9 Å². The van der Waals surface area contributed by atoms with Crippen molar-refractivity contribution < 1.29 is 40.7 Å². The van der Waals surface area contributed by atoms with Gasteiger partial charge in [0.2, 0.25) is 0 Å². The van der Waals surface area contributed by atoms with Crippen molar-refractivity contribution in [2.45, 2.75) is 30.9 Å². The summed E-state index contributed by atoms with van der Waals surface area (Å²) in [7, 11) is 0. The maximum absolute atomic E-state index is 14.2. The highest BCUT2D eigenvalue weighted by molar-refractivity contribution is 6.00. The van der Waals surface area contributed by atoms with Gasteiger partial charge in [-0.3, -0.25) is 4.79 Å². The quantitative estimate of drug-likeness (QED) is 0.516. The summed E-state index contributed by atoms with van der Waals surface area (Å²) in [6.07, 6.45) is -10.5. The van der Waals surface area contributed by atoms with Crippen molar-refractivity contribution in [1.29, 1.82) is 0 Å². The zero-order valence-corrected chi connectivity index (χ0v) is 16.8. The van der Waals surface area contributed by atoms with Gasteiger partial charge in [0.15, 0.2) is 12.1 Å². The molecule has 176 valence electrons. The Labute approximate surface area is 183 Å². The van der Waals surface area contributed by atoms with Crippen LogP contribution in [0.5, 0.6) is 0 Å². The van der Waals surface area contributed by atoms with E-state index in [2.05, 4.69) is 15.0 Å². The number of fused-ring (bicyclic) bond motifs is 1. The lowest BCUT2D eigenvalue weighted by molar-refractivity contribution is -0.200. The Kier molecular flexibility index (Phi) is 6.39. The number of hydrogen-bond acceptors (Lipinski definition) is 5. The summed E-state index contributed by atoms with van der Waals surface area (Å²) in [4.78, 5) is 26.1. The second-order valence-electron chi connectivity index (χ2n) is 7.24. The predicted octanol–water partition coefficient (Wildman–Crippen LogP) is 3.13. The number of carbonyl (C=O) groups is 2. The number of aliphatic imine (C=N–C) groups is 1. The van der Waals surface area contributed by atoms with Gasteiger partial charge in [-0.2, -0.15) is 26.3 Å². The number of alkyl halides is 6. The summed E-state index contributed by atoms with van der Waals surface area (Å²) in [6.45, 7) is -1.38. The highest BCUT2D eigenvalue weighted by Crippen LogP contribution is 2.47. The van der Waals surface area contributed by atoms with Gasteiger partial charge >= 0.3 is 18.3 Å². The molecule has 0 fully saturated rings. The number of rotatable bonds is 5. The summed E-state index contributed by atoms with van der Waals surface area (Å²) in [5.74, 6) is -3.82. The molecular formula is C21H17F6N3O3. The number of ether oxygens (including phenoxy) is 1. The number of nitrogens with one attached hydrogen (secondary N) is 1. The number of halogens is 6. The average Bonchev–Trinajstić information content (AvgIpc) is 2.74. The minimum atomic E-state index is -5.23. The Morgan fingerprint density at radius 1 is 1.06 bits per heavy atom. The first kappa shape index (κ1) is 24.1. The van der Waals surface area contributed by atoms with Gasteiger partial charge in [0.05, 0.1) is 0 Å². The molecule has 0 aliphatic carbocycles. The van der Waals surface area contributed by atoms with E-state index >= 15 is 0 Å². The molecule has 0 bridgehead atoms. The third-order valence-electron chi connectivity index (χ3n) is 4.98. The SMILES string of the molecule is NC1=NC(c2ccccc2)(C(F)(F)F)Cc2cc(CNC(=O)COC(=O)C(F)(F)F)ccc21. The van der Waals surface area contributed by atoms with Crippen LogP contribution >= 0.6 is 0 Å². The monoisotopic (exact) mass is 473 g/mol. The number of nitrogens with two attached hydrogens (primary N) is 1. The van der Waals surface area contributed by atoms with E-state index < -0.39 is 42.8 Å². The number of benzene rings is 2. The molecule has 1 unspecified atom stereocenters. The van der Waals surface area contributed by atoms with E-state index in [4.69, 9.17) is 5.73 Å². The summed E-state index contributed by atoms with van der Waals surface area (Å²) < 4.78 is 82.7. The van der Waals surface area contributed by atoms with Gasteiger partial charge in [-0.25, -0.2) is 9.79 Å². The number of esters is 1. The van der Waals surface area contributed by atoms with E-state index in [1.165, 1.54) is 42.5 Å². The van der Waals surface area contributed by atoms with Crippen LogP contribution in [0.3, 0.4) is 0 Å². The van der Waals surface area contributed by atoms with Crippen molar-refractivity contribution in [1.82, 2.24) is 5.32 Å². The van der Waals surface area contributed by atoms with Crippen molar-refractivity contribution in [3.05, 3.63) is 70.8 Å². The highest BCUT2D eigenvalue weighted by Gasteiger charge is 2.57. The molecule has 1 heterocycles. The molecule has 0 aromatic heterocycles. The number of hydrogen-bond donors (Lipinski definition) is 2. The molecule has 33 heavy (non-hydrogen) atoms. The van der Waals surface area contributed by atoms with Crippen LogP contribution in [-0.4, -0.2) is 36.7 Å². The fourth-order valence-electron chi connectivity index (χ4n) is 3.41. The van der Waals surface area contributed by atoms with Crippen molar-refractivity contribution in [2.75, 3.05) is 6.61 Å². The second kappa shape index (κ2) is 8.75. The van der Waals surface area contributed by atoms with Gasteiger partial charge in [-0.1, -0.05) is 48.5 Å². The molecule has 2 aromatic carbocycles. The molecular weight excluding hydrogens is 456 g/mol. The zero-order chi connectivity index (χ0) is 24.4. The smallest absolute Gasteiger partial charge is 0.449 e. The molecule has 3 rings (SSSR count). The van der Waals surface area contributed by atoms with Gasteiger partial charge in [0.1, 0.15) is 5.84 Å². The number of amidine groups is 1. The average molecular weight is 473 g/mol. The maximum Gasteiger partial charge on any atom is 0.490 e. The molecule has 1 aliphatic heterocycles. The first-order valence-electron chi connectivity index (χ1n) is 9.44.